The lowest BCUT2D eigenvalue weighted by Crippen LogP contribution is -2.19. The molecular weight excluding hydrogens is 644 g/mol. The summed E-state index contributed by atoms with van der Waals surface area (Å²) >= 11 is 0. The van der Waals surface area contributed by atoms with Gasteiger partial charge < -0.3 is 14.3 Å². The molecule has 0 aliphatic carbocycles. The van der Waals surface area contributed by atoms with Crippen molar-refractivity contribution in [2.75, 3.05) is 0 Å². The third-order valence-corrected chi connectivity index (χ3v) is 9.84. The number of rotatable bonds is 26. The van der Waals surface area contributed by atoms with Crippen molar-refractivity contribution in [3.05, 3.63) is 56.5 Å². The Balaban J connectivity index is 2.40. The average molecular weight is 711 g/mol. The molecule has 0 saturated heterocycles. The molecule has 51 heavy (non-hydrogen) atoms. The van der Waals surface area contributed by atoms with Gasteiger partial charge in [-0.3, -0.25) is 14.8 Å². The van der Waals surface area contributed by atoms with Gasteiger partial charge in [0.05, 0.1) is 5.39 Å². The standard InChI is InChI=1S/C43H66O8/c1-8-11-12-13-14-15-16-17-18-19-20-21-22-26-36(44)49-42-33(28-27-31(6)25-23-24-30(4)5)41(47)38-34(35(10-3)51-48)29-37(45)50-43(38)39(42)40(46)32(7)9-2/h24,27,29,32,35,47-48H,8-23,25-26,28H2,1-7H3. The van der Waals surface area contributed by atoms with Crippen LogP contribution in [0.25, 0.3) is 11.0 Å². The Morgan fingerprint density at radius 2 is 1.43 bits per heavy atom. The molecule has 2 atom stereocenters. The normalized spacial score (nSPS) is 13.0. The van der Waals surface area contributed by atoms with E-state index in [1.54, 1.807) is 13.8 Å². The van der Waals surface area contributed by atoms with Crippen molar-refractivity contribution < 1.29 is 34.0 Å². The number of esters is 1. The fourth-order valence-electron chi connectivity index (χ4n) is 6.43. The number of carbonyl (C=O) groups excluding carboxylic acids is 2. The SMILES string of the molecule is CCCCCCCCCCCCCCCC(=O)Oc1c(CC=C(C)CCC=C(C)C)c(O)c2c(C(CC)OO)cc(=O)oc2c1C(=O)C(C)CC. The Morgan fingerprint density at radius 3 is 1.96 bits per heavy atom. The number of phenols is 1. The van der Waals surface area contributed by atoms with Crippen LogP contribution in [0.5, 0.6) is 11.5 Å². The number of hydrogen-bond donors (Lipinski definition) is 2. The quantitative estimate of drug-likeness (QED) is 0.0144. The smallest absolute Gasteiger partial charge is 0.336 e. The Morgan fingerprint density at radius 1 is 0.843 bits per heavy atom. The Kier molecular flexibility index (Phi) is 20.8. The minimum Gasteiger partial charge on any atom is -0.507 e. The number of benzene rings is 1. The molecule has 0 radical (unpaired) electrons. The van der Waals surface area contributed by atoms with Crippen LogP contribution < -0.4 is 10.4 Å². The Bertz CT molecular complexity index is 1490. The van der Waals surface area contributed by atoms with E-state index in [0.29, 0.717) is 12.8 Å². The zero-order chi connectivity index (χ0) is 37.8. The second-order valence-corrected chi connectivity index (χ2v) is 14.5. The molecule has 0 aliphatic heterocycles. The van der Waals surface area contributed by atoms with Gasteiger partial charge in [0.15, 0.2) is 17.1 Å². The van der Waals surface area contributed by atoms with E-state index in [1.807, 2.05) is 19.9 Å². The highest BCUT2D eigenvalue weighted by Crippen LogP contribution is 2.45. The first-order valence-electron chi connectivity index (χ1n) is 19.7. The van der Waals surface area contributed by atoms with Gasteiger partial charge in [-0.25, -0.2) is 9.68 Å². The van der Waals surface area contributed by atoms with E-state index in [4.69, 9.17) is 14.0 Å². The molecule has 2 aromatic rings. The summed E-state index contributed by atoms with van der Waals surface area (Å²) in [6.45, 7) is 13.7. The van der Waals surface area contributed by atoms with E-state index < -0.39 is 23.6 Å². The van der Waals surface area contributed by atoms with Crippen LogP contribution in [0.2, 0.25) is 0 Å². The van der Waals surface area contributed by atoms with Gasteiger partial charge in [0.1, 0.15) is 17.4 Å². The number of phenolic OH excluding ortho intramolecular Hbond substituents is 1. The third-order valence-electron chi connectivity index (χ3n) is 9.84. The molecule has 0 spiro atoms. The van der Waals surface area contributed by atoms with Crippen LogP contribution >= 0.6 is 0 Å². The van der Waals surface area contributed by atoms with E-state index >= 15 is 0 Å². The monoisotopic (exact) mass is 710 g/mol. The van der Waals surface area contributed by atoms with Gasteiger partial charge in [0.25, 0.3) is 0 Å². The van der Waals surface area contributed by atoms with Crippen molar-refractivity contribution in [3.63, 3.8) is 0 Å². The van der Waals surface area contributed by atoms with Gasteiger partial charge in [-0.05, 0) is 59.3 Å². The summed E-state index contributed by atoms with van der Waals surface area (Å²) in [5.74, 6) is -1.72. The molecule has 286 valence electrons. The van der Waals surface area contributed by atoms with Crippen LogP contribution in [0, 0.1) is 5.92 Å². The molecule has 1 aromatic carbocycles. The van der Waals surface area contributed by atoms with E-state index in [1.165, 1.54) is 63.4 Å². The average Bonchev–Trinajstić information content (AvgIpc) is 3.09. The first kappa shape index (κ1) is 43.9. The molecular formula is C43H66O8. The number of aromatic hydroxyl groups is 1. The van der Waals surface area contributed by atoms with Crippen molar-refractivity contribution in [2.45, 2.75) is 177 Å². The van der Waals surface area contributed by atoms with Gasteiger partial charge in [0.2, 0.25) is 0 Å². The zero-order valence-electron chi connectivity index (χ0n) is 32.7. The second-order valence-electron chi connectivity index (χ2n) is 14.5. The largest absolute Gasteiger partial charge is 0.507 e. The number of allylic oxidation sites excluding steroid dienone is 4. The highest BCUT2D eigenvalue weighted by Gasteiger charge is 2.32. The van der Waals surface area contributed by atoms with Crippen LogP contribution in [-0.4, -0.2) is 22.1 Å². The lowest BCUT2D eigenvalue weighted by molar-refractivity contribution is -0.282. The molecule has 8 nitrogen and oxygen atoms in total. The minimum absolute atomic E-state index is 0.0480. The maximum Gasteiger partial charge on any atom is 0.336 e. The molecule has 0 fully saturated rings. The minimum atomic E-state index is -0.966. The number of Topliss-reactive ketones (excluding diaryl/α,β-unsaturated/α-hetero) is 1. The summed E-state index contributed by atoms with van der Waals surface area (Å²) in [5, 5.41) is 21.7. The summed E-state index contributed by atoms with van der Waals surface area (Å²) in [5.41, 5.74) is 1.73. The van der Waals surface area contributed by atoms with Gasteiger partial charge in [-0.2, -0.15) is 0 Å². The maximum absolute atomic E-state index is 14.1. The first-order chi connectivity index (χ1) is 24.5. The molecule has 8 heteroatoms. The van der Waals surface area contributed by atoms with Crippen molar-refractivity contribution in [2.24, 2.45) is 5.92 Å². The van der Waals surface area contributed by atoms with Crippen LogP contribution in [0.4, 0.5) is 0 Å². The Hall–Kier alpha value is -3.23. The van der Waals surface area contributed by atoms with Crippen LogP contribution in [0.3, 0.4) is 0 Å². The number of ether oxygens (including phenoxy) is 1. The van der Waals surface area contributed by atoms with E-state index in [-0.39, 0.29) is 64.2 Å². The number of ketones is 1. The predicted molar refractivity (Wildman–Crippen MR) is 207 cm³/mol. The van der Waals surface area contributed by atoms with E-state index in [9.17, 15) is 24.7 Å². The first-order valence-corrected chi connectivity index (χ1v) is 19.7. The molecule has 0 bridgehead atoms. The lowest BCUT2D eigenvalue weighted by atomic mass is 9.89. The van der Waals surface area contributed by atoms with Gasteiger partial charge in [-0.15, -0.1) is 0 Å². The molecule has 2 N–H and O–H groups in total. The highest BCUT2D eigenvalue weighted by atomic mass is 17.1. The van der Waals surface area contributed by atoms with E-state index in [2.05, 4.69) is 26.8 Å². The topological polar surface area (TPSA) is 123 Å². The van der Waals surface area contributed by atoms with Crippen LogP contribution in [0.1, 0.15) is 192 Å². The predicted octanol–water partition coefficient (Wildman–Crippen LogP) is 12.3. The zero-order valence-corrected chi connectivity index (χ0v) is 32.7. The molecule has 1 heterocycles. The molecule has 0 aliphatic rings. The molecule has 2 rings (SSSR count). The number of fused-ring (bicyclic) bond motifs is 1. The molecule has 0 amide bonds. The second kappa shape index (κ2) is 24.1. The molecule has 0 saturated carbocycles. The maximum atomic E-state index is 14.1. The van der Waals surface area contributed by atoms with Crippen molar-refractivity contribution in [1.82, 2.24) is 0 Å². The number of unbranched alkanes of at least 4 members (excludes halogenated alkanes) is 12. The van der Waals surface area contributed by atoms with Crippen LogP contribution in [0.15, 0.2) is 38.6 Å². The summed E-state index contributed by atoms with van der Waals surface area (Å²) in [6, 6.07) is 1.16. The van der Waals surface area contributed by atoms with Crippen molar-refractivity contribution >= 4 is 22.7 Å². The van der Waals surface area contributed by atoms with E-state index in [0.717, 1.165) is 43.7 Å². The number of carbonyl (C=O) groups is 2. The number of hydrogen-bond acceptors (Lipinski definition) is 8. The molecule has 2 unspecified atom stereocenters. The van der Waals surface area contributed by atoms with Crippen LogP contribution in [-0.2, 0) is 16.1 Å². The summed E-state index contributed by atoms with van der Waals surface area (Å²) in [6.07, 6.45) is 21.3. The van der Waals surface area contributed by atoms with Gasteiger partial charge >= 0.3 is 11.6 Å². The van der Waals surface area contributed by atoms with Crippen molar-refractivity contribution in [1.29, 1.82) is 0 Å². The summed E-state index contributed by atoms with van der Waals surface area (Å²) in [7, 11) is 0. The fourth-order valence-corrected chi connectivity index (χ4v) is 6.43. The summed E-state index contributed by atoms with van der Waals surface area (Å²) < 4.78 is 11.7. The lowest BCUT2D eigenvalue weighted by Gasteiger charge is -2.22. The fraction of sp³-hybridized carbons (Fsp3) is 0.651. The Labute approximate surface area is 306 Å². The van der Waals surface area contributed by atoms with Crippen molar-refractivity contribution in [3.8, 4) is 11.5 Å². The molecule has 1 aromatic heterocycles. The van der Waals surface area contributed by atoms with Gasteiger partial charge in [0, 0.05) is 29.5 Å². The highest BCUT2D eigenvalue weighted by molar-refractivity contribution is 6.12. The van der Waals surface area contributed by atoms with Gasteiger partial charge in [-0.1, -0.05) is 128 Å². The third kappa shape index (κ3) is 14.4. The summed E-state index contributed by atoms with van der Waals surface area (Å²) in [4.78, 5) is 45.1.